The number of hydrogen-bond donors (Lipinski definition) is 2. The lowest BCUT2D eigenvalue weighted by Gasteiger charge is -2.34. The standard InChI is InChI=1S/C23H29N7O2S/c1-29-9-11-30(12-10-29)18-4-2-17(3-5-18)20-14-21-22(26-7-6-25-21)23(28-20)27-16-19-15-24-8-13-33(19,31)32/h2-7,14,19,24H,8-13,15-16H2,1H3,(H,27,28). The molecule has 3 aromatic rings. The van der Waals surface area contributed by atoms with E-state index in [1.807, 2.05) is 6.07 Å². The van der Waals surface area contributed by atoms with Crippen molar-refractivity contribution in [2.45, 2.75) is 5.25 Å². The van der Waals surface area contributed by atoms with Gasteiger partial charge in [-0.05, 0) is 25.2 Å². The fourth-order valence-corrected chi connectivity index (χ4v) is 5.80. The van der Waals surface area contributed by atoms with Gasteiger partial charge in [0, 0.05) is 69.5 Å². The molecule has 1 unspecified atom stereocenters. The summed E-state index contributed by atoms with van der Waals surface area (Å²) in [7, 11) is -0.971. The Kier molecular flexibility index (Phi) is 6.13. The maximum atomic E-state index is 12.4. The van der Waals surface area contributed by atoms with Gasteiger partial charge in [0.15, 0.2) is 15.7 Å². The molecule has 0 spiro atoms. The molecule has 0 radical (unpaired) electrons. The van der Waals surface area contributed by atoms with Gasteiger partial charge >= 0.3 is 0 Å². The number of benzene rings is 1. The zero-order valence-electron chi connectivity index (χ0n) is 18.7. The van der Waals surface area contributed by atoms with Gasteiger partial charge in [-0.2, -0.15) is 0 Å². The third-order valence-corrected chi connectivity index (χ3v) is 8.55. The van der Waals surface area contributed by atoms with Crippen molar-refractivity contribution in [3.63, 3.8) is 0 Å². The summed E-state index contributed by atoms with van der Waals surface area (Å²) in [5.74, 6) is 0.715. The first-order valence-corrected chi connectivity index (χ1v) is 13.0. The number of hydrogen-bond acceptors (Lipinski definition) is 9. The largest absolute Gasteiger partial charge is 0.369 e. The van der Waals surface area contributed by atoms with Crippen LogP contribution in [-0.2, 0) is 9.84 Å². The molecule has 0 saturated carbocycles. The van der Waals surface area contributed by atoms with E-state index in [1.54, 1.807) is 12.4 Å². The average Bonchev–Trinajstić information content (AvgIpc) is 2.83. The second-order valence-electron chi connectivity index (χ2n) is 8.69. The van der Waals surface area contributed by atoms with Gasteiger partial charge in [-0.1, -0.05) is 12.1 Å². The maximum absolute atomic E-state index is 12.4. The second kappa shape index (κ2) is 9.20. The molecule has 2 aliphatic rings. The summed E-state index contributed by atoms with van der Waals surface area (Å²) in [6.07, 6.45) is 3.28. The molecule has 1 atom stereocenters. The van der Waals surface area contributed by atoms with Crippen molar-refractivity contribution >= 4 is 32.4 Å². The van der Waals surface area contributed by atoms with E-state index < -0.39 is 15.1 Å². The van der Waals surface area contributed by atoms with E-state index in [0.717, 1.165) is 43.0 Å². The number of anilines is 2. The molecule has 10 heteroatoms. The third-order valence-electron chi connectivity index (χ3n) is 6.43. The topological polar surface area (TPSA) is 103 Å². The molecule has 2 aliphatic heterocycles. The van der Waals surface area contributed by atoms with Crippen LogP contribution in [0, 0.1) is 0 Å². The van der Waals surface area contributed by atoms with Gasteiger partial charge in [0.25, 0.3) is 0 Å². The van der Waals surface area contributed by atoms with Crippen molar-refractivity contribution in [2.75, 3.05) is 68.8 Å². The van der Waals surface area contributed by atoms with Gasteiger partial charge in [-0.3, -0.25) is 4.98 Å². The summed E-state index contributed by atoms with van der Waals surface area (Å²) in [6.45, 7) is 5.39. The van der Waals surface area contributed by atoms with E-state index in [4.69, 9.17) is 4.98 Å². The number of sulfone groups is 1. The SMILES string of the molecule is CN1CCN(c2ccc(-c3cc4nccnc4c(NCC4CNCCS4(=O)=O)n3)cc2)CC1. The lowest BCUT2D eigenvalue weighted by molar-refractivity contribution is 0.313. The van der Waals surface area contributed by atoms with E-state index in [-0.39, 0.29) is 12.3 Å². The van der Waals surface area contributed by atoms with Crippen LogP contribution >= 0.6 is 0 Å². The zero-order chi connectivity index (χ0) is 22.8. The molecule has 0 amide bonds. The molecule has 9 nitrogen and oxygen atoms in total. The van der Waals surface area contributed by atoms with E-state index in [9.17, 15) is 8.42 Å². The quantitative estimate of drug-likeness (QED) is 0.574. The average molecular weight is 468 g/mol. The highest BCUT2D eigenvalue weighted by molar-refractivity contribution is 7.92. The number of likely N-dealkylation sites (N-methyl/N-ethyl adjacent to an activating group) is 1. The van der Waals surface area contributed by atoms with Crippen molar-refractivity contribution < 1.29 is 8.42 Å². The van der Waals surface area contributed by atoms with E-state index in [0.29, 0.717) is 24.4 Å². The monoisotopic (exact) mass is 467 g/mol. The number of aromatic nitrogens is 3. The van der Waals surface area contributed by atoms with Crippen LogP contribution in [0.1, 0.15) is 0 Å². The highest BCUT2D eigenvalue weighted by Gasteiger charge is 2.28. The predicted octanol–water partition coefficient (Wildman–Crippen LogP) is 1.24. The van der Waals surface area contributed by atoms with Crippen LogP contribution in [0.3, 0.4) is 0 Å². The first-order valence-electron chi connectivity index (χ1n) is 11.3. The van der Waals surface area contributed by atoms with Crippen molar-refractivity contribution in [3.05, 3.63) is 42.7 Å². The Morgan fingerprint density at radius 3 is 2.61 bits per heavy atom. The number of fused-ring (bicyclic) bond motifs is 1. The van der Waals surface area contributed by atoms with E-state index in [1.165, 1.54) is 5.69 Å². The first kappa shape index (κ1) is 22.0. The van der Waals surface area contributed by atoms with Crippen LogP contribution in [0.4, 0.5) is 11.5 Å². The molecule has 4 heterocycles. The second-order valence-corrected chi connectivity index (χ2v) is 11.1. The smallest absolute Gasteiger partial charge is 0.157 e. The summed E-state index contributed by atoms with van der Waals surface area (Å²) < 4.78 is 24.8. The van der Waals surface area contributed by atoms with Gasteiger partial charge in [-0.25, -0.2) is 18.4 Å². The molecular weight excluding hydrogens is 438 g/mol. The third kappa shape index (κ3) is 4.78. The molecule has 2 N–H and O–H groups in total. The molecule has 174 valence electrons. The fraction of sp³-hybridized carbons (Fsp3) is 0.435. The summed E-state index contributed by atoms with van der Waals surface area (Å²) in [6, 6.07) is 10.4. The van der Waals surface area contributed by atoms with Crippen LogP contribution in [0.2, 0.25) is 0 Å². The van der Waals surface area contributed by atoms with E-state index >= 15 is 0 Å². The van der Waals surface area contributed by atoms with Gasteiger partial charge < -0.3 is 20.4 Å². The zero-order valence-corrected chi connectivity index (χ0v) is 19.6. The van der Waals surface area contributed by atoms with Crippen LogP contribution in [0.15, 0.2) is 42.7 Å². The Balaban J connectivity index is 1.41. The highest BCUT2D eigenvalue weighted by Crippen LogP contribution is 2.27. The molecular formula is C23H29N7O2S. The molecule has 2 fully saturated rings. The van der Waals surface area contributed by atoms with Crippen LogP contribution in [0.25, 0.3) is 22.3 Å². The number of piperazine rings is 1. The summed E-state index contributed by atoms with van der Waals surface area (Å²) >= 11 is 0. The maximum Gasteiger partial charge on any atom is 0.157 e. The number of nitrogens with zero attached hydrogens (tertiary/aromatic N) is 5. The molecule has 0 bridgehead atoms. The lowest BCUT2D eigenvalue weighted by Crippen LogP contribution is -2.47. The number of nitrogens with one attached hydrogen (secondary N) is 2. The Morgan fingerprint density at radius 1 is 1.09 bits per heavy atom. The number of pyridine rings is 1. The Labute approximate surface area is 194 Å². The Morgan fingerprint density at radius 2 is 1.85 bits per heavy atom. The van der Waals surface area contributed by atoms with Crippen LogP contribution in [0.5, 0.6) is 0 Å². The van der Waals surface area contributed by atoms with Crippen molar-refractivity contribution in [1.82, 2.24) is 25.2 Å². The fourth-order valence-electron chi connectivity index (χ4n) is 4.33. The minimum atomic E-state index is -3.12. The van der Waals surface area contributed by atoms with Crippen molar-refractivity contribution in [3.8, 4) is 11.3 Å². The minimum absolute atomic E-state index is 0.160. The first-order chi connectivity index (χ1) is 16.0. The molecule has 0 aliphatic carbocycles. The van der Waals surface area contributed by atoms with Gasteiger partial charge in [-0.15, -0.1) is 0 Å². The van der Waals surface area contributed by atoms with Crippen molar-refractivity contribution in [2.24, 2.45) is 0 Å². The molecule has 33 heavy (non-hydrogen) atoms. The highest BCUT2D eigenvalue weighted by atomic mass is 32.2. The predicted molar refractivity (Wildman–Crippen MR) is 131 cm³/mol. The number of rotatable bonds is 5. The summed E-state index contributed by atoms with van der Waals surface area (Å²) in [4.78, 5) is 18.4. The summed E-state index contributed by atoms with van der Waals surface area (Å²) in [5.41, 5.74) is 4.32. The van der Waals surface area contributed by atoms with Gasteiger partial charge in [0.05, 0.1) is 22.2 Å². The lowest BCUT2D eigenvalue weighted by atomic mass is 10.1. The molecule has 5 rings (SSSR count). The summed E-state index contributed by atoms with van der Waals surface area (Å²) in [5, 5.41) is 5.91. The Hall–Kier alpha value is -2.82. The Bertz CT molecular complexity index is 1230. The molecule has 2 aromatic heterocycles. The minimum Gasteiger partial charge on any atom is -0.369 e. The van der Waals surface area contributed by atoms with Crippen LogP contribution in [-0.4, -0.2) is 92.1 Å². The molecule has 2 saturated heterocycles. The van der Waals surface area contributed by atoms with Gasteiger partial charge in [0.1, 0.15) is 5.52 Å². The van der Waals surface area contributed by atoms with Gasteiger partial charge in [0.2, 0.25) is 0 Å². The normalized spacial score (nSPS) is 21.2. The van der Waals surface area contributed by atoms with E-state index in [2.05, 4.69) is 61.7 Å². The van der Waals surface area contributed by atoms with Crippen LogP contribution < -0.4 is 15.5 Å². The molecule has 1 aromatic carbocycles. The van der Waals surface area contributed by atoms with Crippen molar-refractivity contribution in [1.29, 1.82) is 0 Å².